The third-order valence-corrected chi connectivity index (χ3v) is 4.39. The van der Waals surface area contributed by atoms with Crippen molar-refractivity contribution in [1.82, 2.24) is 4.90 Å². The zero-order valence-corrected chi connectivity index (χ0v) is 26.1. The Morgan fingerprint density at radius 1 is 0.548 bits per heavy atom. The molecule has 0 aliphatic carbocycles. The van der Waals surface area contributed by atoms with Crippen molar-refractivity contribution in [2.75, 3.05) is 99.0 Å². The Hall–Kier alpha value is -2.33. The highest BCUT2D eigenvalue weighted by molar-refractivity contribution is 5.88. The van der Waals surface area contributed by atoms with E-state index in [0.29, 0.717) is 72.7 Å². The van der Waals surface area contributed by atoms with E-state index in [4.69, 9.17) is 47.7 Å². The third-order valence-electron chi connectivity index (χ3n) is 4.39. The van der Waals surface area contributed by atoms with E-state index in [1.54, 1.807) is 41.5 Å². The van der Waals surface area contributed by atoms with Gasteiger partial charge >= 0.3 is 18.2 Å². The number of carboxylic acids is 1. The minimum absolute atomic E-state index is 0.0157. The van der Waals surface area contributed by atoms with Crippen LogP contribution in [0.1, 0.15) is 41.5 Å². The van der Waals surface area contributed by atoms with Gasteiger partial charge in [-0.05, 0) is 41.5 Å². The van der Waals surface area contributed by atoms with Gasteiger partial charge in [-0.1, -0.05) is 6.08 Å². The maximum absolute atomic E-state index is 12.4. The molecule has 0 atom stereocenters. The highest BCUT2D eigenvalue weighted by Gasteiger charge is 2.30. The van der Waals surface area contributed by atoms with Crippen LogP contribution in [0.5, 0.6) is 0 Å². The van der Waals surface area contributed by atoms with Gasteiger partial charge in [-0.25, -0.2) is 19.3 Å². The van der Waals surface area contributed by atoms with Crippen molar-refractivity contribution in [1.29, 1.82) is 0 Å². The number of amides is 2. The van der Waals surface area contributed by atoms with E-state index in [-0.39, 0.29) is 26.4 Å². The van der Waals surface area contributed by atoms with Crippen molar-refractivity contribution < 1.29 is 62.1 Å². The largest absolute Gasteiger partial charge is 0.478 e. The molecule has 42 heavy (non-hydrogen) atoms. The molecule has 0 heterocycles. The van der Waals surface area contributed by atoms with Gasteiger partial charge < -0.3 is 47.7 Å². The summed E-state index contributed by atoms with van der Waals surface area (Å²) < 4.78 is 48.3. The van der Waals surface area contributed by atoms with Crippen LogP contribution in [0.4, 0.5) is 9.59 Å². The molecule has 0 spiro atoms. The summed E-state index contributed by atoms with van der Waals surface area (Å²) in [4.78, 5) is 36.0. The molecule has 0 aromatic carbocycles. The van der Waals surface area contributed by atoms with Crippen molar-refractivity contribution in [3.63, 3.8) is 0 Å². The van der Waals surface area contributed by atoms with Gasteiger partial charge in [-0.15, -0.1) is 0 Å². The summed E-state index contributed by atoms with van der Waals surface area (Å²) in [5, 5.41) is 8.43. The van der Waals surface area contributed by atoms with E-state index in [1.807, 2.05) is 0 Å². The summed E-state index contributed by atoms with van der Waals surface area (Å²) in [6, 6.07) is 0. The number of hydrogen-bond donors (Lipinski definition) is 1. The van der Waals surface area contributed by atoms with E-state index in [1.165, 1.54) is 6.08 Å². The summed E-state index contributed by atoms with van der Waals surface area (Å²) in [7, 11) is 0. The van der Waals surface area contributed by atoms with E-state index in [0.717, 1.165) is 11.0 Å². The van der Waals surface area contributed by atoms with Crippen molar-refractivity contribution in [3.8, 4) is 0 Å². The first kappa shape index (κ1) is 39.7. The monoisotopic (exact) mass is 609 g/mol. The zero-order valence-electron chi connectivity index (χ0n) is 26.1. The number of carbonyl (C=O) groups excluding carboxylic acids is 2. The van der Waals surface area contributed by atoms with Crippen LogP contribution >= 0.6 is 0 Å². The number of carboxylic acid groups (broad SMARTS) is 1. The Morgan fingerprint density at radius 2 is 0.857 bits per heavy atom. The van der Waals surface area contributed by atoms with Gasteiger partial charge in [-0.2, -0.15) is 0 Å². The van der Waals surface area contributed by atoms with Crippen LogP contribution in [0.2, 0.25) is 0 Å². The molecule has 14 heteroatoms. The quantitative estimate of drug-likeness (QED) is 0.126. The number of ether oxygens (including phenoxy) is 9. The lowest BCUT2D eigenvalue weighted by Gasteiger charge is -2.28. The standard InChI is InChI=1S/C28H51NO13/c1-27(2,3)41-25(32)29(26(33)42-28(4,5)6)9-11-35-13-15-37-17-19-39-21-23-40-22-20-38-18-16-36-14-12-34-10-7-8-24(30)31/h7-8H,9-23H2,1-6H3,(H,30,31)/b8-7+. The summed E-state index contributed by atoms with van der Waals surface area (Å²) >= 11 is 0. The average molecular weight is 610 g/mol. The average Bonchev–Trinajstić information content (AvgIpc) is 2.86. The van der Waals surface area contributed by atoms with Crippen LogP contribution in [0.15, 0.2) is 12.2 Å². The second kappa shape index (κ2) is 24.1. The van der Waals surface area contributed by atoms with E-state index < -0.39 is 29.4 Å². The van der Waals surface area contributed by atoms with E-state index in [2.05, 4.69) is 0 Å². The lowest BCUT2D eigenvalue weighted by Crippen LogP contribution is -2.45. The zero-order chi connectivity index (χ0) is 31.7. The maximum Gasteiger partial charge on any atom is 0.419 e. The Morgan fingerprint density at radius 3 is 1.17 bits per heavy atom. The fourth-order valence-corrected chi connectivity index (χ4v) is 2.67. The Kier molecular flexibility index (Phi) is 22.8. The predicted molar refractivity (Wildman–Crippen MR) is 152 cm³/mol. The lowest BCUT2D eigenvalue weighted by molar-refractivity contribution is -0.131. The molecule has 0 radical (unpaired) electrons. The molecular weight excluding hydrogens is 558 g/mol. The van der Waals surface area contributed by atoms with Gasteiger partial charge in [0.05, 0.1) is 99.0 Å². The fraction of sp³-hybridized carbons (Fsp3) is 0.821. The highest BCUT2D eigenvalue weighted by atomic mass is 16.6. The van der Waals surface area contributed by atoms with Crippen LogP contribution < -0.4 is 0 Å². The van der Waals surface area contributed by atoms with Crippen molar-refractivity contribution >= 4 is 18.2 Å². The van der Waals surface area contributed by atoms with Crippen molar-refractivity contribution in [2.45, 2.75) is 52.7 Å². The third kappa shape index (κ3) is 27.8. The van der Waals surface area contributed by atoms with Crippen LogP contribution in [-0.2, 0) is 47.4 Å². The molecule has 14 nitrogen and oxygen atoms in total. The molecule has 0 aliphatic heterocycles. The number of aliphatic carboxylic acids is 1. The van der Waals surface area contributed by atoms with Gasteiger partial charge in [0.25, 0.3) is 0 Å². The summed E-state index contributed by atoms with van der Waals surface area (Å²) in [5.74, 6) is -1.00. The van der Waals surface area contributed by atoms with E-state index >= 15 is 0 Å². The van der Waals surface area contributed by atoms with Gasteiger partial charge in [0.15, 0.2) is 0 Å². The number of nitrogens with zero attached hydrogens (tertiary/aromatic N) is 1. The first-order chi connectivity index (χ1) is 19.8. The van der Waals surface area contributed by atoms with E-state index in [9.17, 15) is 14.4 Å². The summed E-state index contributed by atoms with van der Waals surface area (Å²) in [6.07, 6.45) is 0.871. The SMILES string of the molecule is CC(C)(C)OC(=O)N(CCOCCOCCOCCOCCOCCOCCOC/C=C/C(=O)O)C(=O)OC(C)(C)C. The first-order valence-electron chi connectivity index (χ1n) is 14.0. The van der Waals surface area contributed by atoms with Crippen LogP contribution in [0.3, 0.4) is 0 Å². The van der Waals surface area contributed by atoms with Crippen molar-refractivity contribution in [2.24, 2.45) is 0 Å². The van der Waals surface area contributed by atoms with Gasteiger partial charge in [0, 0.05) is 6.08 Å². The highest BCUT2D eigenvalue weighted by Crippen LogP contribution is 2.14. The molecule has 0 fully saturated rings. The van der Waals surface area contributed by atoms with Crippen molar-refractivity contribution in [3.05, 3.63) is 12.2 Å². The molecule has 0 aliphatic rings. The van der Waals surface area contributed by atoms with Gasteiger partial charge in [-0.3, -0.25) is 0 Å². The smallest absolute Gasteiger partial charge is 0.419 e. The molecule has 0 rings (SSSR count). The number of hydrogen-bond acceptors (Lipinski definition) is 12. The Bertz CT molecular complexity index is 719. The predicted octanol–water partition coefficient (Wildman–Crippen LogP) is 2.92. The normalized spacial score (nSPS) is 12.0. The molecule has 2 amide bonds. The van der Waals surface area contributed by atoms with Gasteiger partial charge in [0.2, 0.25) is 0 Å². The van der Waals surface area contributed by atoms with Gasteiger partial charge in [0.1, 0.15) is 11.2 Å². The molecular formula is C28H51NO13. The number of carbonyl (C=O) groups is 3. The molecule has 1 N–H and O–H groups in total. The first-order valence-corrected chi connectivity index (χ1v) is 14.0. The van der Waals surface area contributed by atoms with Crippen LogP contribution in [-0.4, -0.2) is 138 Å². The molecule has 0 aromatic rings. The molecule has 0 unspecified atom stereocenters. The number of rotatable bonds is 24. The molecule has 0 saturated heterocycles. The minimum Gasteiger partial charge on any atom is -0.478 e. The Labute approximate surface area is 249 Å². The minimum atomic E-state index is -1.00. The summed E-state index contributed by atoms with van der Waals surface area (Å²) in [6.45, 7) is 15.4. The molecule has 0 aromatic heterocycles. The molecule has 0 saturated carbocycles. The topological polar surface area (TPSA) is 158 Å². The fourth-order valence-electron chi connectivity index (χ4n) is 2.67. The Balaban J connectivity index is 3.62. The lowest BCUT2D eigenvalue weighted by atomic mass is 10.2. The number of imide groups is 1. The second-order valence-electron chi connectivity index (χ2n) is 10.6. The summed E-state index contributed by atoms with van der Waals surface area (Å²) in [5.41, 5.74) is -1.51. The second-order valence-corrected chi connectivity index (χ2v) is 10.6. The molecule has 0 bridgehead atoms. The van der Waals surface area contributed by atoms with Crippen LogP contribution in [0, 0.1) is 0 Å². The maximum atomic E-state index is 12.4. The van der Waals surface area contributed by atoms with Crippen LogP contribution in [0.25, 0.3) is 0 Å². The molecule has 246 valence electrons.